The number of carbonyl (C=O) groups is 6. The van der Waals surface area contributed by atoms with Crippen LogP contribution >= 0.6 is 0 Å². The Hall–Kier alpha value is -6.38. The molecule has 15 nitrogen and oxygen atoms in total. The molecule has 5 atom stereocenters. The first-order valence-electron chi connectivity index (χ1n) is 19.9. The number of aromatic nitrogens is 1. The average Bonchev–Trinajstić information content (AvgIpc) is 3.61. The fraction of sp³-hybridized carbons (Fsp3) is 0.409. The second-order valence-corrected chi connectivity index (χ2v) is 15.8. The molecule has 1 fully saturated rings. The lowest BCUT2D eigenvalue weighted by atomic mass is 9.99. The second kappa shape index (κ2) is 19.9. The summed E-state index contributed by atoms with van der Waals surface area (Å²) in [5.74, 6) is -3.40. The van der Waals surface area contributed by atoms with Crippen LogP contribution in [0.4, 0.5) is 0 Å². The highest BCUT2D eigenvalue weighted by Crippen LogP contribution is 2.21. The summed E-state index contributed by atoms with van der Waals surface area (Å²) in [6.45, 7) is 8.38. The topological polar surface area (TPSA) is 211 Å². The maximum atomic E-state index is 14.4. The Kier molecular flexibility index (Phi) is 14.7. The first-order chi connectivity index (χ1) is 28.1. The van der Waals surface area contributed by atoms with Crippen LogP contribution in [0.15, 0.2) is 79.0 Å². The van der Waals surface area contributed by atoms with E-state index in [0.717, 1.165) is 16.5 Å². The minimum Gasteiger partial charge on any atom is -0.508 e. The molecule has 0 spiro atoms. The highest BCUT2D eigenvalue weighted by molar-refractivity contribution is 5.99. The highest BCUT2D eigenvalue weighted by Gasteiger charge is 2.34. The van der Waals surface area contributed by atoms with Crippen molar-refractivity contribution in [3.63, 3.8) is 0 Å². The number of phenols is 1. The Bertz CT molecular complexity index is 2120. The van der Waals surface area contributed by atoms with Gasteiger partial charge in [0.05, 0.1) is 13.7 Å². The van der Waals surface area contributed by atoms with Gasteiger partial charge in [-0.25, -0.2) is 0 Å². The molecular formula is C44H55N7O8. The van der Waals surface area contributed by atoms with Crippen molar-refractivity contribution < 1.29 is 38.6 Å². The van der Waals surface area contributed by atoms with E-state index in [1.165, 1.54) is 43.2 Å². The lowest BCUT2D eigenvalue weighted by Crippen LogP contribution is -2.60. The van der Waals surface area contributed by atoms with E-state index >= 15 is 0 Å². The Labute approximate surface area is 344 Å². The van der Waals surface area contributed by atoms with Gasteiger partial charge < -0.3 is 46.3 Å². The van der Waals surface area contributed by atoms with Gasteiger partial charge in [0, 0.05) is 48.1 Å². The van der Waals surface area contributed by atoms with E-state index in [-0.39, 0.29) is 49.0 Å². The molecule has 5 rings (SSSR count). The predicted molar refractivity (Wildman–Crippen MR) is 222 cm³/mol. The molecule has 0 saturated carbocycles. The lowest BCUT2D eigenvalue weighted by molar-refractivity contribution is -0.135. The van der Waals surface area contributed by atoms with Crippen LogP contribution in [-0.2, 0) is 36.8 Å². The van der Waals surface area contributed by atoms with E-state index in [4.69, 9.17) is 4.74 Å². The van der Waals surface area contributed by atoms with Gasteiger partial charge in [-0.1, -0.05) is 58.0 Å². The van der Waals surface area contributed by atoms with E-state index in [2.05, 4.69) is 31.6 Å². The number of nitrogens with zero attached hydrogens (tertiary/aromatic N) is 1. The number of nitrogens with one attached hydrogen (secondary N) is 6. The van der Waals surface area contributed by atoms with Gasteiger partial charge in [-0.2, -0.15) is 0 Å². The molecule has 0 bridgehead atoms. The number of fused-ring (bicyclic) bond motifs is 1. The molecule has 0 radical (unpaired) electrons. The molecule has 59 heavy (non-hydrogen) atoms. The largest absolute Gasteiger partial charge is 0.508 e. The standard InChI is InChI=1S/C44H55N7O8/c1-25(2)19-35-42(56)49-36(20-28-11-17-32(59-6)18-12-28)41(55)46-27(5)40(54)50-38(26(3)4)23-51(44(58)29-13-15-31(52)16-14-29)24-39(53)47-37(43(57)48-35)21-30-22-45-34-10-8-7-9-33(30)34/h7-18,22,25-27,35-38,45,52H,19-21,23-24H2,1-6H3,(H,46,55)(H,47,53)(H,48,57)(H,49,56)(H,50,54)/t27-,35+,36+,37-,38-/m1/s1. The number of aromatic hydroxyl groups is 1. The van der Waals surface area contributed by atoms with Crippen molar-refractivity contribution in [1.29, 1.82) is 0 Å². The molecule has 4 aromatic rings. The molecule has 1 aliphatic heterocycles. The molecule has 15 heteroatoms. The fourth-order valence-electron chi connectivity index (χ4n) is 6.95. The third kappa shape index (κ3) is 11.8. The maximum absolute atomic E-state index is 14.4. The van der Waals surface area contributed by atoms with Crippen LogP contribution in [-0.4, -0.2) is 101 Å². The number of amides is 6. The first-order valence-corrected chi connectivity index (χ1v) is 19.9. The van der Waals surface area contributed by atoms with Crippen molar-refractivity contribution in [2.75, 3.05) is 20.2 Å². The van der Waals surface area contributed by atoms with Crippen molar-refractivity contribution in [2.24, 2.45) is 11.8 Å². The summed E-state index contributed by atoms with van der Waals surface area (Å²) < 4.78 is 5.28. The van der Waals surface area contributed by atoms with Gasteiger partial charge in [-0.05, 0) is 78.8 Å². The minimum absolute atomic E-state index is 0.0363. The van der Waals surface area contributed by atoms with Crippen molar-refractivity contribution in [2.45, 2.75) is 84.1 Å². The van der Waals surface area contributed by atoms with Crippen LogP contribution in [0.2, 0.25) is 0 Å². The number of benzene rings is 3. The van der Waals surface area contributed by atoms with Crippen LogP contribution in [0.1, 0.15) is 62.5 Å². The molecular weight excluding hydrogens is 755 g/mol. The molecule has 3 aromatic carbocycles. The van der Waals surface area contributed by atoms with Crippen LogP contribution in [0, 0.1) is 11.8 Å². The van der Waals surface area contributed by atoms with Gasteiger partial charge in [0.2, 0.25) is 29.5 Å². The number of H-pyrrole nitrogens is 1. The zero-order valence-electron chi connectivity index (χ0n) is 34.3. The third-order valence-corrected chi connectivity index (χ3v) is 10.4. The average molecular weight is 810 g/mol. The van der Waals surface area contributed by atoms with E-state index in [9.17, 15) is 33.9 Å². The molecule has 0 aliphatic carbocycles. The van der Waals surface area contributed by atoms with Crippen LogP contribution in [0.3, 0.4) is 0 Å². The van der Waals surface area contributed by atoms with E-state index in [1.54, 1.807) is 30.5 Å². The first kappa shape index (κ1) is 43.7. The van der Waals surface area contributed by atoms with Crippen molar-refractivity contribution in [1.82, 2.24) is 36.5 Å². The Morgan fingerprint density at radius 2 is 1.39 bits per heavy atom. The highest BCUT2D eigenvalue weighted by atomic mass is 16.5. The molecule has 314 valence electrons. The number of carbonyl (C=O) groups excluding carboxylic acids is 6. The summed E-state index contributed by atoms with van der Waals surface area (Å²) >= 11 is 0. The molecule has 1 aliphatic rings. The van der Waals surface area contributed by atoms with Crippen molar-refractivity contribution in [3.05, 3.63) is 95.7 Å². The second-order valence-electron chi connectivity index (χ2n) is 15.8. The van der Waals surface area contributed by atoms with Gasteiger partial charge >= 0.3 is 0 Å². The lowest BCUT2D eigenvalue weighted by Gasteiger charge is -2.32. The summed E-state index contributed by atoms with van der Waals surface area (Å²) in [7, 11) is 1.54. The van der Waals surface area contributed by atoms with E-state index < -0.39 is 72.2 Å². The van der Waals surface area contributed by atoms with E-state index in [0.29, 0.717) is 11.3 Å². The smallest absolute Gasteiger partial charge is 0.254 e. The van der Waals surface area contributed by atoms with Crippen molar-refractivity contribution in [3.8, 4) is 11.5 Å². The van der Waals surface area contributed by atoms with Gasteiger partial charge in [-0.3, -0.25) is 28.8 Å². The number of rotatable bonds is 9. The summed E-state index contributed by atoms with van der Waals surface area (Å²) in [5, 5.41) is 24.9. The Morgan fingerprint density at radius 1 is 0.763 bits per heavy atom. The Balaban J connectivity index is 1.55. The quantitative estimate of drug-likeness (QED) is 0.133. The van der Waals surface area contributed by atoms with Gasteiger partial charge in [0.1, 0.15) is 35.7 Å². The molecule has 0 unspecified atom stereocenters. The number of aromatic amines is 1. The van der Waals surface area contributed by atoms with Gasteiger partial charge in [-0.15, -0.1) is 0 Å². The summed E-state index contributed by atoms with van der Waals surface area (Å²) in [4.78, 5) is 88.9. The normalized spacial score (nSPS) is 21.5. The van der Waals surface area contributed by atoms with Crippen LogP contribution in [0.5, 0.6) is 11.5 Å². The molecule has 6 amide bonds. The SMILES string of the molecule is COc1ccc(C[C@@H]2NC(=O)[C@H](CC(C)C)NC(=O)[C@@H](Cc3c[nH]c4ccccc34)NC(=O)CN(C(=O)c3ccc(O)cc3)C[C@H](C(C)C)NC(=O)[C@@H](C)NC2=O)cc1. The maximum Gasteiger partial charge on any atom is 0.254 e. The molecule has 7 N–H and O–H groups in total. The van der Waals surface area contributed by atoms with Gasteiger partial charge in [0.15, 0.2) is 0 Å². The summed E-state index contributed by atoms with van der Waals surface area (Å²) in [6.07, 6.45) is 2.05. The minimum atomic E-state index is -1.20. The van der Waals surface area contributed by atoms with Crippen molar-refractivity contribution >= 4 is 46.3 Å². The summed E-state index contributed by atoms with van der Waals surface area (Å²) in [6, 6.07) is 14.9. The monoisotopic (exact) mass is 809 g/mol. The van der Waals surface area contributed by atoms with Gasteiger partial charge in [0.25, 0.3) is 5.91 Å². The number of phenolic OH excluding ortho intramolecular Hbond substituents is 1. The van der Waals surface area contributed by atoms with E-state index in [1.807, 2.05) is 52.0 Å². The Morgan fingerprint density at radius 3 is 2.05 bits per heavy atom. The summed E-state index contributed by atoms with van der Waals surface area (Å²) in [5.41, 5.74) is 2.45. The molecule has 2 heterocycles. The third-order valence-electron chi connectivity index (χ3n) is 10.4. The molecule has 1 aromatic heterocycles. The zero-order valence-corrected chi connectivity index (χ0v) is 34.3. The fourth-order valence-corrected chi connectivity index (χ4v) is 6.95. The van der Waals surface area contributed by atoms with Crippen LogP contribution in [0.25, 0.3) is 10.9 Å². The number of methoxy groups -OCH3 is 1. The number of para-hydroxylation sites is 1. The zero-order chi connectivity index (χ0) is 42.8. The van der Waals surface area contributed by atoms with Crippen LogP contribution < -0.4 is 31.3 Å². The number of hydrogen-bond donors (Lipinski definition) is 7. The number of ether oxygens (including phenoxy) is 1. The predicted octanol–water partition coefficient (Wildman–Crippen LogP) is 2.97. The molecule has 1 saturated heterocycles. The number of hydrogen-bond acceptors (Lipinski definition) is 8.